The van der Waals surface area contributed by atoms with E-state index in [-0.39, 0.29) is 17.5 Å². The molecule has 4 rings (SSSR count). The molecule has 11 heteroatoms. The maximum atomic E-state index is 12.3. The largest absolute Gasteiger partial charge is 0.507 e. The first-order valence-corrected chi connectivity index (χ1v) is 12.6. The Hall–Kier alpha value is -2.47. The molecule has 0 saturated heterocycles. The molecule has 4 aromatic rings. The van der Waals surface area contributed by atoms with Crippen LogP contribution >= 0.6 is 60.0 Å². The van der Waals surface area contributed by atoms with Gasteiger partial charge in [-0.25, -0.2) is 4.98 Å². The normalized spacial score (nSPS) is 10.8. The van der Waals surface area contributed by atoms with Crippen LogP contribution in [0.2, 0.25) is 0 Å². The minimum Gasteiger partial charge on any atom is -0.507 e. The van der Waals surface area contributed by atoms with E-state index in [1.165, 1.54) is 0 Å². The van der Waals surface area contributed by atoms with Crippen molar-refractivity contribution in [3.05, 3.63) is 67.5 Å². The minimum atomic E-state index is -0.394. The second-order valence-corrected chi connectivity index (χ2v) is 10.2. The summed E-state index contributed by atoms with van der Waals surface area (Å²) >= 11 is 15.4. The summed E-state index contributed by atoms with van der Waals surface area (Å²) in [6, 6.07) is 14.0. The molecule has 0 aliphatic carbocycles. The fourth-order valence-electron chi connectivity index (χ4n) is 3.10. The van der Waals surface area contributed by atoms with Crippen LogP contribution in [0.3, 0.4) is 0 Å². The third kappa shape index (κ3) is 5.77. The van der Waals surface area contributed by atoms with E-state index in [4.69, 9.17) is 21.4 Å². The summed E-state index contributed by atoms with van der Waals surface area (Å²) in [5.41, 5.74) is 3.43. The monoisotopic (exact) mass is 667 g/mol. The number of benzene rings is 3. The second-order valence-electron chi connectivity index (χ2n) is 7.19. The lowest BCUT2D eigenvalue weighted by atomic mass is 10.2. The van der Waals surface area contributed by atoms with E-state index in [1.54, 1.807) is 36.4 Å². The Morgan fingerprint density at radius 1 is 1.12 bits per heavy atom. The van der Waals surface area contributed by atoms with Crippen molar-refractivity contribution in [2.45, 2.75) is 6.92 Å². The molecule has 3 aromatic carbocycles. The van der Waals surface area contributed by atoms with E-state index >= 15 is 0 Å². The fraction of sp³-hybridized carbons (Fsp3) is 0.0870. The van der Waals surface area contributed by atoms with E-state index < -0.39 is 5.91 Å². The second kappa shape index (κ2) is 10.4. The molecule has 1 aromatic heterocycles. The molecule has 0 atom stereocenters. The Labute approximate surface area is 225 Å². The van der Waals surface area contributed by atoms with Gasteiger partial charge in [-0.3, -0.25) is 10.1 Å². The number of fused-ring (bicyclic) bond motifs is 1. The van der Waals surface area contributed by atoms with Crippen molar-refractivity contribution in [2.75, 3.05) is 11.9 Å². The first-order valence-electron chi connectivity index (χ1n) is 9.78. The van der Waals surface area contributed by atoms with Crippen LogP contribution in [-0.4, -0.2) is 27.7 Å². The highest BCUT2D eigenvalue weighted by atomic mass is 79.9. The number of carbonyl (C=O) groups excluding carboxylic acids is 1. The molecule has 34 heavy (non-hydrogen) atoms. The number of amides is 1. The number of phenols is 1. The SMILES string of the molecule is Cc1cc(Br)cc(Br)c1OCC(=O)NC(=S)Nc1ccc2oc(-c3ccc(O)c(Br)c3)nc2c1. The lowest BCUT2D eigenvalue weighted by Crippen LogP contribution is -2.37. The number of rotatable bonds is 5. The number of phenolic OH excluding ortho intramolecular Hbond substituents is 1. The average Bonchev–Trinajstić information content (AvgIpc) is 3.18. The van der Waals surface area contributed by atoms with Gasteiger partial charge in [-0.1, -0.05) is 15.9 Å². The van der Waals surface area contributed by atoms with Crippen molar-refractivity contribution >= 4 is 87.8 Å². The van der Waals surface area contributed by atoms with Crippen molar-refractivity contribution in [3.63, 3.8) is 0 Å². The first-order chi connectivity index (χ1) is 16.2. The van der Waals surface area contributed by atoms with Gasteiger partial charge in [-0.15, -0.1) is 0 Å². The quantitative estimate of drug-likeness (QED) is 0.204. The molecule has 1 amide bonds. The highest BCUT2D eigenvalue weighted by Gasteiger charge is 2.13. The highest BCUT2D eigenvalue weighted by Crippen LogP contribution is 2.33. The van der Waals surface area contributed by atoms with Crippen LogP contribution in [0.1, 0.15) is 5.56 Å². The number of aromatic nitrogens is 1. The van der Waals surface area contributed by atoms with Gasteiger partial charge in [0.2, 0.25) is 5.89 Å². The Morgan fingerprint density at radius 3 is 2.65 bits per heavy atom. The number of nitrogens with zero attached hydrogens (tertiary/aromatic N) is 1. The topological polar surface area (TPSA) is 96.6 Å². The van der Waals surface area contributed by atoms with E-state index in [9.17, 15) is 9.90 Å². The summed E-state index contributed by atoms with van der Waals surface area (Å²) in [6.45, 7) is 1.69. The number of anilines is 1. The predicted molar refractivity (Wildman–Crippen MR) is 145 cm³/mol. The zero-order valence-electron chi connectivity index (χ0n) is 17.5. The molecular weight excluding hydrogens is 654 g/mol. The van der Waals surface area contributed by atoms with E-state index in [2.05, 4.69) is 63.4 Å². The van der Waals surface area contributed by atoms with Gasteiger partial charge < -0.3 is 19.6 Å². The van der Waals surface area contributed by atoms with Gasteiger partial charge in [0, 0.05) is 15.7 Å². The summed E-state index contributed by atoms with van der Waals surface area (Å²) in [6.07, 6.45) is 0. The summed E-state index contributed by atoms with van der Waals surface area (Å²) in [5.74, 6) is 0.738. The number of hydrogen-bond donors (Lipinski definition) is 3. The number of ether oxygens (including phenoxy) is 1. The van der Waals surface area contributed by atoms with Crippen LogP contribution in [-0.2, 0) is 4.79 Å². The molecule has 0 fully saturated rings. The molecule has 0 spiro atoms. The number of aromatic hydroxyl groups is 1. The Balaban J connectivity index is 1.38. The van der Waals surface area contributed by atoms with E-state index in [0.29, 0.717) is 38.5 Å². The zero-order valence-corrected chi connectivity index (χ0v) is 23.1. The van der Waals surface area contributed by atoms with Crippen LogP contribution in [0.15, 0.2) is 66.4 Å². The van der Waals surface area contributed by atoms with Crippen molar-refractivity contribution in [1.82, 2.24) is 10.3 Å². The third-order valence-electron chi connectivity index (χ3n) is 4.63. The van der Waals surface area contributed by atoms with Crippen LogP contribution in [0, 0.1) is 6.92 Å². The van der Waals surface area contributed by atoms with Gasteiger partial charge in [0.1, 0.15) is 17.0 Å². The van der Waals surface area contributed by atoms with Crippen LogP contribution in [0.25, 0.3) is 22.6 Å². The molecule has 174 valence electrons. The number of nitrogens with one attached hydrogen (secondary N) is 2. The number of oxazole rings is 1. The van der Waals surface area contributed by atoms with Gasteiger partial charge in [-0.05, 0) is 105 Å². The highest BCUT2D eigenvalue weighted by molar-refractivity contribution is 9.11. The molecule has 1 heterocycles. The maximum Gasteiger partial charge on any atom is 0.264 e. The molecule has 0 aliphatic rings. The molecule has 0 unspecified atom stereocenters. The lowest BCUT2D eigenvalue weighted by molar-refractivity contribution is -0.121. The maximum absolute atomic E-state index is 12.3. The molecule has 0 saturated carbocycles. The van der Waals surface area contributed by atoms with Crippen LogP contribution in [0.4, 0.5) is 5.69 Å². The molecule has 0 bridgehead atoms. The van der Waals surface area contributed by atoms with Crippen molar-refractivity contribution in [2.24, 2.45) is 0 Å². The molecule has 0 aliphatic heterocycles. The van der Waals surface area contributed by atoms with E-state index in [0.717, 1.165) is 14.5 Å². The Bertz CT molecular complexity index is 1400. The Kier molecular flexibility index (Phi) is 7.56. The molecule has 0 radical (unpaired) electrons. The van der Waals surface area contributed by atoms with Gasteiger partial charge in [0.05, 0.1) is 8.95 Å². The number of halogens is 3. The number of carbonyl (C=O) groups is 1. The molecule has 7 nitrogen and oxygen atoms in total. The van der Waals surface area contributed by atoms with Gasteiger partial charge in [-0.2, -0.15) is 0 Å². The minimum absolute atomic E-state index is 0.130. The van der Waals surface area contributed by atoms with Gasteiger partial charge in [0.15, 0.2) is 17.3 Å². The predicted octanol–water partition coefficient (Wildman–Crippen LogP) is 6.69. The summed E-state index contributed by atoms with van der Waals surface area (Å²) in [4.78, 5) is 16.8. The summed E-state index contributed by atoms with van der Waals surface area (Å²) in [5, 5.41) is 15.4. The average molecular weight is 670 g/mol. The first kappa shape index (κ1) is 24.6. The van der Waals surface area contributed by atoms with Gasteiger partial charge in [0.25, 0.3) is 5.91 Å². The van der Waals surface area contributed by atoms with Crippen molar-refractivity contribution in [1.29, 1.82) is 0 Å². The van der Waals surface area contributed by atoms with E-state index in [1.807, 2.05) is 19.1 Å². The van der Waals surface area contributed by atoms with Gasteiger partial charge >= 0.3 is 0 Å². The number of aryl methyl sites for hydroxylation is 1. The van der Waals surface area contributed by atoms with Crippen molar-refractivity contribution < 1.29 is 19.1 Å². The smallest absolute Gasteiger partial charge is 0.264 e. The number of thiocarbonyl (C=S) groups is 1. The molecular formula is C23H16Br3N3O4S. The molecule has 3 N–H and O–H groups in total. The summed E-state index contributed by atoms with van der Waals surface area (Å²) < 4.78 is 13.6. The number of hydrogen-bond acceptors (Lipinski definition) is 6. The fourth-order valence-corrected chi connectivity index (χ4v) is 5.27. The van der Waals surface area contributed by atoms with Crippen LogP contribution in [0.5, 0.6) is 11.5 Å². The lowest BCUT2D eigenvalue weighted by Gasteiger charge is -2.13. The Morgan fingerprint density at radius 2 is 1.91 bits per heavy atom. The summed E-state index contributed by atoms with van der Waals surface area (Å²) in [7, 11) is 0. The third-order valence-corrected chi connectivity index (χ3v) is 6.52. The van der Waals surface area contributed by atoms with Crippen molar-refractivity contribution in [3.8, 4) is 23.0 Å². The zero-order chi connectivity index (χ0) is 24.4. The van der Waals surface area contributed by atoms with Crippen LogP contribution < -0.4 is 15.4 Å². The standard InChI is InChI=1S/C23H16Br3N3O4S/c1-11-6-13(24)8-16(26)21(11)32-10-20(31)29-23(34)27-14-3-5-19-17(9-14)28-22(33-19)12-2-4-18(30)15(25)7-12/h2-9,30H,10H2,1H3,(H2,27,29,31,34).